The second-order valence-corrected chi connectivity index (χ2v) is 5.81. The van der Waals surface area contributed by atoms with Gasteiger partial charge >= 0.3 is 0 Å². The summed E-state index contributed by atoms with van der Waals surface area (Å²) in [4.78, 5) is 22.6. The van der Waals surface area contributed by atoms with E-state index in [4.69, 9.17) is 0 Å². The SMILES string of the molecule is O=C(NCC1=CCC([N+](=O)[O-])C=C1)c1ccc2c(c1)CCCN2. The third-order valence-electron chi connectivity index (χ3n) is 4.18. The summed E-state index contributed by atoms with van der Waals surface area (Å²) in [5.74, 6) is -0.121. The first-order valence-corrected chi connectivity index (χ1v) is 7.79. The maximum absolute atomic E-state index is 12.3. The molecule has 1 aromatic rings. The summed E-state index contributed by atoms with van der Waals surface area (Å²) < 4.78 is 0. The van der Waals surface area contributed by atoms with E-state index in [9.17, 15) is 14.9 Å². The summed E-state index contributed by atoms with van der Waals surface area (Å²) >= 11 is 0. The average Bonchev–Trinajstić information content (AvgIpc) is 2.59. The Morgan fingerprint density at radius 2 is 2.30 bits per heavy atom. The van der Waals surface area contributed by atoms with Crippen LogP contribution in [0.4, 0.5) is 5.69 Å². The molecule has 1 aliphatic carbocycles. The Hall–Kier alpha value is -2.63. The number of anilines is 1. The number of fused-ring (bicyclic) bond motifs is 1. The van der Waals surface area contributed by atoms with Crippen LogP contribution in [0.25, 0.3) is 0 Å². The largest absolute Gasteiger partial charge is 0.385 e. The second kappa shape index (κ2) is 6.64. The lowest BCUT2D eigenvalue weighted by Gasteiger charge is -2.18. The first kappa shape index (κ1) is 15.3. The molecule has 1 unspecified atom stereocenters. The Morgan fingerprint density at radius 1 is 1.43 bits per heavy atom. The highest BCUT2D eigenvalue weighted by atomic mass is 16.6. The first-order chi connectivity index (χ1) is 11.1. The van der Waals surface area contributed by atoms with Crippen LogP contribution in [-0.2, 0) is 6.42 Å². The van der Waals surface area contributed by atoms with Crippen molar-refractivity contribution in [3.05, 3.63) is 63.2 Å². The Labute approximate surface area is 134 Å². The van der Waals surface area contributed by atoms with E-state index in [1.54, 1.807) is 12.2 Å². The molecule has 2 aliphatic rings. The molecule has 3 rings (SSSR count). The summed E-state index contributed by atoms with van der Waals surface area (Å²) in [5.41, 5.74) is 3.83. The van der Waals surface area contributed by atoms with Crippen molar-refractivity contribution in [2.24, 2.45) is 0 Å². The molecule has 6 heteroatoms. The van der Waals surface area contributed by atoms with Gasteiger partial charge in [0.1, 0.15) is 0 Å². The van der Waals surface area contributed by atoms with Crippen LogP contribution in [0.5, 0.6) is 0 Å². The molecule has 1 atom stereocenters. The van der Waals surface area contributed by atoms with Crippen LogP contribution in [0.3, 0.4) is 0 Å². The van der Waals surface area contributed by atoms with Crippen molar-refractivity contribution < 1.29 is 9.72 Å². The summed E-state index contributed by atoms with van der Waals surface area (Å²) in [6.07, 6.45) is 7.54. The summed E-state index contributed by atoms with van der Waals surface area (Å²) in [6.45, 7) is 1.36. The molecule has 0 fully saturated rings. The Morgan fingerprint density at radius 3 is 3.04 bits per heavy atom. The van der Waals surface area contributed by atoms with E-state index in [1.165, 1.54) is 5.56 Å². The van der Waals surface area contributed by atoms with Crippen LogP contribution >= 0.6 is 0 Å². The van der Waals surface area contributed by atoms with Crippen LogP contribution < -0.4 is 10.6 Å². The minimum Gasteiger partial charge on any atom is -0.385 e. The van der Waals surface area contributed by atoms with Crippen LogP contribution in [0.2, 0.25) is 0 Å². The van der Waals surface area contributed by atoms with Gasteiger partial charge in [0, 0.05) is 35.7 Å². The van der Waals surface area contributed by atoms with Crippen molar-refractivity contribution in [1.82, 2.24) is 5.32 Å². The topological polar surface area (TPSA) is 84.3 Å². The van der Waals surface area contributed by atoms with Crippen LogP contribution in [0.15, 0.2) is 42.0 Å². The molecule has 0 saturated heterocycles. The second-order valence-electron chi connectivity index (χ2n) is 5.81. The smallest absolute Gasteiger partial charge is 0.251 e. The van der Waals surface area contributed by atoms with Crippen LogP contribution in [0, 0.1) is 10.1 Å². The zero-order valence-electron chi connectivity index (χ0n) is 12.7. The molecule has 23 heavy (non-hydrogen) atoms. The van der Waals surface area contributed by atoms with Gasteiger partial charge < -0.3 is 10.6 Å². The third kappa shape index (κ3) is 3.59. The normalized spacial score (nSPS) is 19.3. The number of nitrogens with zero attached hydrogens (tertiary/aromatic N) is 1. The minimum atomic E-state index is -0.650. The van der Waals surface area contributed by atoms with Crippen molar-refractivity contribution in [3.63, 3.8) is 0 Å². The number of carbonyl (C=O) groups is 1. The monoisotopic (exact) mass is 313 g/mol. The number of aryl methyl sites for hydroxylation is 1. The average molecular weight is 313 g/mol. The van der Waals surface area contributed by atoms with E-state index in [0.717, 1.165) is 30.6 Å². The Balaban J connectivity index is 1.58. The maximum atomic E-state index is 12.3. The zero-order chi connectivity index (χ0) is 16.2. The first-order valence-electron chi connectivity index (χ1n) is 7.79. The van der Waals surface area contributed by atoms with Crippen molar-refractivity contribution in [3.8, 4) is 0 Å². The number of hydrogen-bond acceptors (Lipinski definition) is 4. The maximum Gasteiger partial charge on any atom is 0.251 e. The number of benzene rings is 1. The molecule has 0 aromatic heterocycles. The van der Waals surface area contributed by atoms with Crippen molar-refractivity contribution >= 4 is 11.6 Å². The fourth-order valence-electron chi connectivity index (χ4n) is 2.84. The molecule has 2 N–H and O–H groups in total. The minimum absolute atomic E-state index is 0.121. The predicted octanol–water partition coefficient (Wildman–Crippen LogP) is 2.31. The quantitative estimate of drug-likeness (QED) is 0.660. The number of nitrogens with one attached hydrogen (secondary N) is 2. The Bertz CT molecular complexity index is 694. The van der Waals surface area contributed by atoms with Gasteiger partial charge in [-0.2, -0.15) is 0 Å². The fraction of sp³-hybridized carbons (Fsp3) is 0.353. The number of amides is 1. The van der Waals surface area contributed by atoms with E-state index in [1.807, 2.05) is 24.3 Å². The lowest BCUT2D eigenvalue weighted by molar-refractivity contribution is -0.508. The van der Waals surface area contributed by atoms with Crippen molar-refractivity contribution in [2.45, 2.75) is 25.3 Å². The third-order valence-corrected chi connectivity index (χ3v) is 4.18. The zero-order valence-corrected chi connectivity index (χ0v) is 12.7. The van der Waals surface area contributed by atoms with Crippen molar-refractivity contribution in [2.75, 3.05) is 18.4 Å². The number of rotatable bonds is 4. The molecule has 1 aliphatic heterocycles. The van der Waals surface area contributed by atoms with E-state index in [-0.39, 0.29) is 10.8 Å². The molecule has 1 aromatic carbocycles. The molecular formula is C17H19N3O3. The molecule has 120 valence electrons. The van der Waals surface area contributed by atoms with E-state index < -0.39 is 6.04 Å². The van der Waals surface area contributed by atoms with Gasteiger partial charge in [-0.25, -0.2) is 0 Å². The van der Waals surface area contributed by atoms with Gasteiger partial charge in [0.15, 0.2) is 0 Å². The van der Waals surface area contributed by atoms with Gasteiger partial charge in [-0.05, 0) is 48.3 Å². The van der Waals surface area contributed by atoms with Gasteiger partial charge in [-0.15, -0.1) is 0 Å². The van der Waals surface area contributed by atoms with E-state index in [0.29, 0.717) is 18.5 Å². The van der Waals surface area contributed by atoms with Gasteiger partial charge in [0.2, 0.25) is 6.04 Å². The van der Waals surface area contributed by atoms with Gasteiger partial charge in [0.05, 0.1) is 0 Å². The van der Waals surface area contributed by atoms with Gasteiger partial charge in [-0.1, -0.05) is 12.2 Å². The number of carbonyl (C=O) groups excluding carboxylic acids is 1. The Kier molecular flexibility index (Phi) is 4.41. The lowest BCUT2D eigenvalue weighted by atomic mass is 10.0. The van der Waals surface area contributed by atoms with E-state index in [2.05, 4.69) is 10.6 Å². The standard InChI is InChI=1S/C17H19N3O3/c21-17(14-5-8-16-13(10-14)2-1-9-18-16)19-11-12-3-6-15(7-4-12)20(22)23/h3-6,8,10,15,18H,1-2,7,9,11H2,(H,19,21). The lowest BCUT2D eigenvalue weighted by Crippen LogP contribution is -2.27. The molecule has 1 amide bonds. The van der Waals surface area contributed by atoms with Gasteiger partial charge in [-0.3, -0.25) is 14.9 Å². The summed E-state index contributed by atoms with van der Waals surface area (Å²) in [5, 5.41) is 16.9. The van der Waals surface area contributed by atoms with E-state index >= 15 is 0 Å². The molecule has 1 heterocycles. The summed E-state index contributed by atoms with van der Waals surface area (Å²) in [7, 11) is 0. The number of nitro groups is 1. The highest BCUT2D eigenvalue weighted by Crippen LogP contribution is 2.23. The van der Waals surface area contributed by atoms with Crippen LogP contribution in [-0.4, -0.2) is 30.0 Å². The highest BCUT2D eigenvalue weighted by molar-refractivity contribution is 5.95. The highest BCUT2D eigenvalue weighted by Gasteiger charge is 2.18. The van der Waals surface area contributed by atoms with Crippen molar-refractivity contribution in [1.29, 1.82) is 0 Å². The molecule has 0 radical (unpaired) electrons. The molecule has 0 saturated carbocycles. The fourth-order valence-corrected chi connectivity index (χ4v) is 2.84. The summed E-state index contributed by atoms with van der Waals surface area (Å²) in [6, 6.07) is 5.05. The predicted molar refractivity (Wildman–Crippen MR) is 88.2 cm³/mol. The molecule has 0 spiro atoms. The number of hydrogen-bond donors (Lipinski definition) is 2. The molecule has 6 nitrogen and oxygen atoms in total. The molecule has 0 bridgehead atoms. The van der Waals surface area contributed by atoms with Crippen LogP contribution in [0.1, 0.15) is 28.8 Å². The van der Waals surface area contributed by atoms with Gasteiger partial charge in [0.25, 0.3) is 5.91 Å². The molecular weight excluding hydrogens is 294 g/mol.